The second-order valence-electron chi connectivity index (χ2n) is 3.54. The fourth-order valence-electron chi connectivity index (χ4n) is 1.43. The van der Waals surface area contributed by atoms with Gasteiger partial charge in [0, 0.05) is 25.4 Å². The van der Waals surface area contributed by atoms with Gasteiger partial charge in [0.15, 0.2) is 0 Å². The van der Waals surface area contributed by atoms with Crippen LogP contribution in [0.2, 0.25) is 0 Å². The summed E-state index contributed by atoms with van der Waals surface area (Å²) >= 11 is 0. The largest absolute Gasteiger partial charge is 0.334 e. The summed E-state index contributed by atoms with van der Waals surface area (Å²) in [6.45, 7) is 8.13. The number of hydrogen-bond donors (Lipinski definition) is 0. The summed E-state index contributed by atoms with van der Waals surface area (Å²) in [5, 5.41) is 0. The van der Waals surface area contributed by atoms with Gasteiger partial charge in [-0.2, -0.15) is 0 Å². The smallest absolute Gasteiger partial charge is 0.250 e. The SMILES string of the molecule is C=CCN(CC=C)C(=O)Cn1ccccc1=O. The van der Waals surface area contributed by atoms with Gasteiger partial charge in [0.1, 0.15) is 6.54 Å². The molecule has 1 aromatic heterocycles. The van der Waals surface area contributed by atoms with Gasteiger partial charge in [-0.25, -0.2) is 0 Å². The van der Waals surface area contributed by atoms with E-state index in [2.05, 4.69) is 13.2 Å². The zero-order valence-electron chi connectivity index (χ0n) is 9.71. The lowest BCUT2D eigenvalue weighted by atomic mass is 10.4. The first-order chi connectivity index (χ1) is 8.19. The molecule has 0 atom stereocenters. The molecule has 0 aliphatic rings. The number of amides is 1. The van der Waals surface area contributed by atoms with Crippen molar-refractivity contribution in [3.63, 3.8) is 0 Å². The molecule has 0 unspecified atom stereocenters. The van der Waals surface area contributed by atoms with Crippen LogP contribution in [0.1, 0.15) is 0 Å². The molecule has 17 heavy (non-hydrogen) atoms. The molecule has 4 nitrogen and oxygen atoms in total. The van der Waals surface area contributed by atoms with Gasteiger partial charge in [-0.1, -0.05) is 18.2 Å². The maximum absolute atomic E-state index is 11.9. The fraction of sp³-hybridized carbons (Fsp3) is 0.231. The minimum absolute atomic E-state index is 0.0430. The van der Waals surface area contributed by atoms with Gasteiger partial charge >= 0.3 is 0 Å². The van der Waals surface area contributed by atoms with Crippen LogP contribution in [0.3, 0.4) is 0 Å². The van der Waals surface area contributed by atoms with Crippen molar-refractivity contribution in [3.05, 3.63) is 60.1 Å². The highest BCUT2D eigenvalue weighted by atomic mass is 16.2. The third-order valence-corrected chi connectivity index (χ3v) is 2.26. The maximum Gasteiger partial charge on any atom is 0.250 e. The van der Waals surface area contributed by atoms with Crippen LogP contribution < -0.4 is 5.56 Å². The highest BCUT2D eigenvalue weighted by Gasteiger charge is 2.11. The molecule has 1 amide bonds. The molecule has 90 valence electrons. The van der Waals surface area contributed by atoms with Crippen LogP contribution in [-0.2, 0) is 11.3 Å². The first-order valence-electron chi connectivity index (χ1n) is 5.34. The van der Waals surface area contributed by atoms with E-state index in [1.54, 1.807) is 35.4 Å². The van der Waals surface area contributed by atoms with Crippen LogP contribution in [0, 0.1) is 0 Å². The first kappa shape index (κ1) is 13.0. The highest BCUT2D eigenvalue weighted by Crippen LogP contribution is 1.94. The summed E-state index contributed by atoms with van der Waals surface area (Å²) < 4.78 is 1.38. The van der Waals surface area contributed by atoms with Crippen molar-refractivity contribution in [1.82, 2.24) is 9.47 Å². The third kappa shape index (κ3) is 3.75. The maximum atomic E-state index is 11.9. The molecule has 0 aliphatic carbocycles. The number of carbonyl (C=O) groups excluding carboxylic acids is 1. The fourth-order valence-corrected chi connectivity index (χ4v) is 1.43. The molecule has 1 heterocycles. The average Bonchev–Trinajstić information content (AvgIpc) is 2.32. The lowest BCUT2D eigenvalue weighted by Crippen LogP contribution is -2.36. The molecule has 0 aliphatic heterocycles. The lowest BCUT2D eigenvalue weighted by Gasteiger charge is -2.19. The van der Waals surface area contributed by atoms with Gasteiger partial charge < -0.3 is 9.47 Å². The molecule has 0 saturated carbocycles. The predicted octanol–water partition coefficient (Wildman–Crippen LogP) is 1.05. The Morgan fingerprint density at radius 3 is 2.47 bits per heavy atom. The van der Waals surface area contributed by atoms with E-state index in [1.165, 1.54) is 10.6 Å². The number of hydrogen-bond acceptors (Lipinski definition) is 2. The Balaban J connectivity index is 2.76. The Morgan fingerprint density at radius 2 is 1.94 bits per heavy atom. The van der Waals surface area contributed by atoms with Gasteiger partial charge in [-0.15, -0.1) is 13.2 Å². The molecule has 0 spiro atoms. The van der Waals surface area contributed by atoms with E-state index in [1.807, 2.05) is 0 Å². The monoisotopic (exact) mass is 232 g/mol. The summed E-state index contributed by atoms with van der Waals surface area (Å²) in [4.78, 5) is 24.9. The first-order valence-corrected chi connectivity index (χ1v) is 5.34. The minimum atomic E-state index is -0.182. The lowest BCUT2D eigenvalue weighted by molar-refractivity contribution is -0.130. The van der Waals surface area contributed by atoms with E-state index in [4.69, 9.17) is 0 Å². The van der Waals surface area contributed by atoms with Gasteiger partial charge in [-0.3, -0.25) is 9.59 Å². The van der Waals surface area contributed by atoms with Gasteiger partial charge in [0.25, 0.3) is 5.56 Å². The third-order valence-electron chi connectivity index (χ3n) is 2.26. The Bertz CT molecular complexity index is 452. The Labute approximate surface area is 100 Å². The number of aromatic nitrogens is 1. The highest BCUT2D eigenvalue weighted by molar-refractivity contribution is 5.76. The van der Waals surface area contributed by atoms with E-state index < -0.39 is 0 Å². The zero-order valence-corrected chi connectivity index (χ0v) is 9.71. The average molecular weight is 232 g/mol. The molecule has 0 aromatic carbocycles. The predicted molar refractivity (Wildman–Crippen MR) is 67.7 cm³/mol. The second-order valence-corrected chi connectivity index (χ2v) is 3.54. The standard InChI is InChI=1S/C13H16N2O2/c1-3-8-14(9-4-2)13(17)11-15-10-6-5-7-12(15)16/h3-7,10H,1-2,8-9,11H2. The summed E-state index contributed by atoms with van der Waals surface area (Å²) in [6.07, 6.45) is 4.89. The Kier molecular flexibility index (Phi) is 4.94. The van der Waals surface area contributed by atoms with Gasteiger partial charge in [0.2, 0.25) is 5.91 Å². The molecule has 4 heteroatoms. The van der Waals surface area contributed by atoms with Crippen molar-refractivity contribution in [2.45, 2.75) is 6.54 Å². The molecule has 0 fully saturated rings. The van der Waals surface area contributed by atoms with Crippen LogP contribution in [0.25, 0.3) is 0 Å². The Hall–Kier alpha value is -2.10. The van der Waals surface area contributed by atoms with Crippen LogP contribution in [0.4, 0.5) is 0 Å². The van der Waals surface area contributed by atoms with E-state index in [-0.39, 0.29) is 18.0 Å². The van der Waals surface area contributed by atoms with Crippen molar-refractivity contribution in [2.24, 2.45) is 0 Å². The molecule has 0 radical (unpaired) electrons. The molecule has 1 rings (SSSR count). The molecule has 0 bridgehead atoms. The normalized spacial score (nSPS) is 9.65. The van der Waals surface area contributed by atoms with Crippen molar-refractivity contribution in [1.29, 1.82) is 0 Å². The molecular weight excluding hydrogens is 216 g/mol. The van der Waals surface area contributed by atoms with Crippen LogP contribution >= 0.6 is 0 Å². The summed E-state index contributed by atoms with van der Waals surface area (Å²) in [7, 11) is 0. The van der Waals surface area contributed by atoms with Crippen LogP contribution in [-0.4, -0.2) is 28.5 Å². The zero-order chi connectivity index (χ0) is 12.7. The number of rotatable bonds is 6. The van der Waals surface area contributed by atoms with Gasteiger partial charge in [0.05, 0.1) is 0 Å². The number of pyridine rings is 1. The quantitative estimate of drug-likeness (QED) is 0.688. The van der Waals surface area contributed by atoms with Crippen LogP contribution in [0.15, 0.2) is 54.5 Å². The van der Waals surface area contributed by atoms with E-state index in [0.717, 1.165) is 0 Å². The molecule has 0 saturated heterocycles. The summed E-state index contributed by atoms with van der Waals surface area (Å²) in [5.41, 5.74) is -0.182. The van der Waals surface area contributed by atoms with Crippen LogP contribution in [0.5, 0.6) is 0 Å². The van der Waals surface area contributed by atoms with Crippen molar-refractivity contribution in [2.75, 3.05) is 13.1 Å². The van der Waals surface area contributed by atoms with E-state index >= 15 is 0 Å². The minimum Gasteiger partial charge on any atom is -0.334 e. The van der Waals surface area contributed by atoms with Gasteiger partial charge in [-0.05, 0) is 6.07 Å². The summed E-state index contributed by atoms with van der Waals surface area (Å²) in [5.74, 6) is -0.127. The molecule has 1 aromatic rings. The Morgan fingerprint density at radius 1 is 1.29 bits per heavy atom. The number of nitrogens with zero attached hydrogens (tertiary/aromatic N) is 2. The summed E-state index contributed by atoms with van der Waals surface area (Å²) in [6, 6.07) is 4.80. The van der Waals surface area contributed by atoms with Crippen molar-refractivity contribution < 1.29 is 4.79 Å². The molecular formula is C13H16N2O2. The topological polar surface area (TPSA) is 42.3 Å². The van der Waals surface area contributed by atoms with E-state index in [9.17, 15) is 9.59 Å². The van der Waals surface area contributed by atoms with Crippen molar-refractivity contribution in [3.8, 4) is 0 Å². The van der Waals surface area contributed by atoms with Crippen molar-refractivity contribution >= 4 is 5.91 Å². The molecule has 0 N–H and O–H groups in total. The second kappa shape index (κ2) is 6.48. The number of carbonyl (C=O) groups is 1. The van der Waals surface area contributed by atoms with E-state index in [0.29, 0.717) is 13.1 Å².